The van der Waals surface area contributed by atoms with Crippen LogP contribution in [0.3, 0.4) is 0 Å². The second-order valence-corrected chi connectivity index (χ2v) is 7.79. The molecule has 0 amide bonds. The Balaban J connectivity index is 1.66. The summed E-state index contributed by atoms with van der Waals surface area (Å²) in [5.41, 5.74) is 6.25. The Morgan fingerprint density at radius 3 is 2.85 bits per heavy atom. The van der Waals surface area contributed by atoms with Gasteiger partial charge < -0.3 is 9.88 Å². The lowest BCUT2D eigenvalue weighted by atomic mass is 10.0. The van der Waals surface area contributed by atoms with E-state index in [-0.39, 0.29) is 5.82 Å². The first-order valence-corrected chi connectivity index (χ1v) is 10.3. The molecule has 0 saturated carbocycles. The first kappa shape index (κ1) is 20.5. The molecule has 5 aromatic rings. The molecule has 4 heterocycles. The number of rotatable bonds is 5. The van der Waals surface area contributed by atoms with E-state index in [1.54, 1.807) is 24.7 Å². The maximum absolute atomic E-state index is 14.9. The van der Waals surface area contributed by atoms with Gasteiger partial charge in [0.2, 0.25) is 0 Å². The van der Waals surface area contributed by atoms with E-state index < -0.39 is 0 Å². The molecule has 2 N–H and O–H groups in total. The Morgan fingerprint density at radius 1 is 1.21 bits per heavy atom. The molecule has 33 heavy (non-hydrogen) atoms. The molecule has 0 fully saturated rings. The summed E-state index contributed by atoms with van der Waals surface area (Å²) in [5.74, 6) is 0.189. The van der Waals surface area contributed by atoms with Gasteiger partial charge >= 0.3 is 0 Å². The quantitative estimate of drug-likeness (QED) is 0.374. The van der Waals surface area contributed by atoms with Crippen LogP contribution in [0.1, 0.15) is 12.5 Å². The highest BCUT2D eigenvalue weighted by molar-refractivity contribution is 5.97. The standard InChI is InChI=1S/C24H21FN8/c1-13-5-7-27-11-17(13)15-9-16-19(10-18(15)25)31-32-21(16)24-29-22-20(6-8-28-23(22)30-24)33(4)12-14(2)26-3/h5-12H,3H2,1-2,4H3,(H,31,32)(H,28,29,30)/b14-12-. The van der Waals surface area contributed by atoms with Crippen molar-refractivity contribution in [3.8, 4) is 22.6 Å². The predicted molar refractivity (Wildman–Crippen MR) is 129 cm³/mol. The van der Waals surface area contributed by atoms with Gasteiger partial charge in [0.1, 0.15) is 17.0 Å². The summed E-state index contributed by atoms with van der Waals surface area (Å²) in [6.07, 6.45) is 6.93. The third kappa shape index (κ3) is 3.53. The number of H-pyrrole nitrogens is 2. The first-order chi connectivity index (χ1) is 16.0. The van der Waals surface area contributed by atoms with Crippen molar-refractivity contribution in [2.75, 3.05) is 11.9 Å². The van der Waals surface area contributed by atoms with Gasteiger partial charge in [-0.1, -0.05) is 0 Å². The minimum atomic E-state index is -0.345. The first-order valence-electron chi connectivity index (χ1n) is 10.3. The van der Waals surface area contributed by atoms with Crippen molar-refractivity contribution in [3.63, 3.8) is 0 Å². The molecule has 0 atom stereocenters. The summed E-state index contributed by atoms with van der Waals surface area (Å²) in [7, 11) is 1.92. The molecule has 0 aliphatic carbocycles. The molecule has 0 unspecified atom stereocenters. The topological polar surface area (TPSA) is 98.7 Å². The van der Waals surface area contributed by atoms with E-state index in [2.05, 4.69) is 41.8 Å². The second-order valence-electron chi connectivity index (χ2n) is 7.79. The molecule has 0 aliphatic heterocycles. The summed E-state index contributed by atoms with van der Waals surface area (Å²) in [6.45, 7) is 7.36. The van der Waals surface area contributed by atoms with Crippen molar-refractivity contribution in [2.45, 2.75) is 13.8 Å². The third-order valence-corrected chi connectivity index (χ3v) is 5.58. The summed E-state index contributed by atoms with van der Waals surface area (Å²) < 4.78 is 14.9. The number of allylic oxidation sites excluding steroid dienone is 1. The van der Waals surface area contributed by atoms with Crippen LogP contribution in [0.25, 0.3) is 44.7 Å². The van der Waals surface area contributed by atoms with Crippen LogP contribution in [0.2, 0.25) is 0 Å². The number of imidazole rings is 1. The Hall–Kier alpha value is -4.40. The third-order valence-electron chi connectivity index (χ3n) is 5.58. The molecule has 0 spiro atoms. The molecule has 164 valence electrons. The fourth-order valence-corrected chi connectivity index (χ4v) is 3.87. The summed E-state index contributed by atoms with van der Waals surface area (Å²) in [4.78, 5) is 22.4. The van der Waals surface area contributed by atoms with E-state index in [1.165, 1.54) is 6.07 Å². The number of aromatic amines is 2. The molecule has 9 heteroatoms. The van der Waals surface area contributed by atoms with Gasteiger partial charge in [-0.15, -0.1) is 0 Å². The second kappa shape index (κ2) is 7.94. The minimum Gasteiger partial charge on any atom is -0.347 e. The number of aromatic nitrogens is 6. The predicted octanol–water partition coefficient (Wildman–Crippen LogP) is 5.01. The van der Waals surface area contributed by atoms with Crippen LogP contribution in [0, 0.1) is 12.7 Å². The van der Waals surface area contributed by atoms with Crippen LogP contribution >= 0.6 is 0 Å². The average molecular weight is 440 g/mol. The Bertz CT molecular complexity index is 1550. The lowest BCUT2D eigenvalue weighted by molar-refractivity contribution is 0.632. The molecular formula is C24H21FN8. The number of aryl methyl sites for hydroxylation is 1. The normalized spacial score (nSPS) is 11.9. The molecule has 5 rings (SSSR count). The summed E-state index contributed by atoms with van der Waals surface area (Å²) >= 11 is 0. The van der Waals surface area contributed by atoms with Gasteiger partial charge in [-0.2, -0.15) is 5.10 Å². The zero-order valence-electron chi connectivity index (χ0n) is 18.4. The summed E-state index contributed by atoms with van der Waals surface area (Å²) in [5, 5.41) is 8.07. The van der Waals surface area contributed by atoms with Gasteiger partial charge in [0, 0.05) is 54.4 Å². The van der Waals surface area contributed by atoms with Crippen LogP contribution in [0.15, 0.2) is 59.7 Å². The highest BCUT2D eigenvalue weighted by atomic mass is 19.1. The number of aliphatic imine (C=N–C) groups is 1. The van der Waals surface area contributed by atoms with Gasteiger partial charge in [-0.25, -0.2) is 14.4 Å². The molecule has 1 aromatic carbocycles. The van der Waals surface area contributed by atoms with Gasteiger partial charge in [0.05, 0.1) is 16.9 Å². The highest BCUT2D eigenvalue weighted by Gasteiger charge is 2.19. The van der Waals surface area contributed by atoms with Crippen LogP contribution < -0.4 is 4.90 Å². The fourth-order valence-electron chi connectivity index (χ4n) is 3.87. The SMILES string of the molecule is C=N/C(C)=C\N(C)c1ccnc2nc(-c3n[nH]c4cc(F)c(-c5cnccc5C)cc34)[nH]c12. The molecule has 0 radical (unpaired) electrons. The lowest BCUT2D eigenvalue weighted by Gasteiger charge is -2.15. The van der Waals surface area contributed by atoms with Crippen LogP contribution in [0.4, 0.5) is 10.1 Å². The fraction of sp³-hybridized carbons (Fsp3) is 0.125. The molecule has 8 nitrogen and oxygen atoms in total. The molecule has 0 saturated heterocycles. The Kier molecular flexibility index (Phi) is 4.93. The minimum absolute atomic E-state index is 0.345. The number of benzene rings is 1. The maximum atomic E-state index is 14.9. The van der Waals surface area contributed by atoms with Crippen molar-refractivity contribution >= 4 is 34.5 Å². The lowest BCUT2D eigenvalue weighted by Crippen LogP contribution is -2.09. The van der Waals surface area contributed by atoms with E-state index in [4.69, 9.17) is 0 Å². The van der Waals surface area contributed by atoms with Crippen molar-refractivity contribution in [2.24, 2.45) is 4.99 Å². The smallest absolute Gasteiger partial charge is 0.180 e. The number of hydrogen-bond donors (Lipinski definition) is 2. The number of anilines is 1. The van der Waals surface area contributed by atoms with E-state index in [0.717, 1.165) is 33.4 Å². The van der Waals surface area contributed by atoms with E-state index in [0.29, 0.717) is 28.2 Å². The number of pyridine rings is 2. The largest absolute Gasteiger partial charge is 0.347 e. The molecular weight excluding hydrogens is 419 g/mol. The van der Waals surface area contributed by atoms with Crippen LogP contribution in [-0.4, -0.2) is 43.9 Å². The Morgan fingerprint density at radius 2 is 2.06 bits per heavy atom. The number of nitrogens with zero attached hydrogens (tertiary/aromatic N) is 6. The van der Waals surface area contributed by atoms with Gasteiger partial charge in [-0.3, -0.25) is 15.1 Å². The van der Waals surface area contributed by atoms with Gasteiger partial charge in [-0.05, 0) is 44.3 Å². The average Bonchev–Trinajstić information content (AvgIpc) is 3.42. The molecule has 0 aliphatic rings. The maximum Gasteiger partial charge on any atom is 0.180 e. The summed E-state index contributed by atoms with van der Waals surface area (Å²) in [6, 6.07) is 6.97. The van der Waals surface area contributed by atoms with E-state index in [1.807, 2.05) is 44.1 Å². The monoisotopic (exact) mass is 440 g/mol. The number of halogens is 1. The van der Waals surface area contributed by atoms with Gasteiger partial charge in [0.15, 0.2) is 11.5 Å². The van der Waals surface area contributed by atoms with Crippen LogP contribution in [-0.2, 0) is 0 Å². The van der Waals surface area contributed by atoms with E-state index >= 15 is 0 Å². The molecule has 0 bridgehead atoms. The zero-order valence-corrected chi connectivity index (χ0v) is 18.4. The van der Waals surface area contributed by atoms with Crippen LogP contribution in [0.5, 0.6) is 0 Å². The van der Waals surface area contributed by atoms with Crippen molar-refractivity contribution in [1.29, 1.82) is 0 Å². The van der Waals surface area contributed by atoms with Crippen molar-refractivity contribution in [1.82, 2.24) is 30.1 Å². The van der Waals surface area contributed by atoms with E-state index in [9.17, 15) is 4.39 Å². The van der Waals surface area contributed by atoms with Crippen molar-refractivity contribution in [3.05, 3.63) is 66.1 Å². The highest BCUT2D eigenvalue weighted by Crippen LogP contribution is 2.34. The number of hydrogen-bond acceptors (Lipinski definition) is 6. The van der Waals surface area contributed by atoms with Gasteiger partial charge in [0.25, 0.3) is 0 Å². The number of fused-ring (bicyclic) bond motifs is 2. The number of nitrogens with one attached hydrogen (secondary N) is 2. The molecule has 4 aromatic heterocycles. The van der Waals surface area contributed by atoms with Crippen molar-refractivity contribution < 1.29 is 4.39 Å². The zero-order chi connectivity index (χ0) is 23.1. The Labute approximate surface area is 188 Å².